The molecule has 72 valence electrons. The molecule has 0 radical (unpaired) electrons. The van der Waals surface area contributed by atoms with Crippen molar-refractivity contribution < 1.29 is 4.21 Å². The third-order valence-electron chi connectivity index (χ3n) is 1.48. The van der Waals surface area contributed by atoms with Gasteiger partial charge in [0, 0.05) is 47.3 Å². The predicted octanol–water partition coefficient (Wildman–Crippen LogP) is 0.454. The van der Waals surface area contributed by atoms with Crippen LogP contribution >= 0.6 is 0 Å². The standard InChI is InChI=1S/C8H13N3OS/c1-13(12)5-4-11-8-6-7(9)2-3-10-8/h2-3,6H,4-5H2,1H3,(H3,9,10,11). The van der Waals surface area contributed by atoms with Crippen molar-refractivity contribution in [1.82, 2.24) is 4.98 Å². The molecule has 13 heavy (non-hydrogen) atoms. The lowest BCUT2D eigenvalue weighted by atomic mass is 10.4. The minimum atomic E-state index is -0.766. The van der Waals surface area contributed by atoms with Crippen LogP contribution in [0.15, 0.2) is 18.3 Å². The van der Waals surface area contributed by atoms with Gasteiger partial charge in [-0.3, -0.25) is 4.21 Å². The van der Waals surface area contributed by atoms with Gasteiger partial charge in [-0.05, 0) is 6.07 Å². The van der Waals surface area contributed by atoms with Crippen LogP contribution in [0.2, 0.25) is 0 Å². The van der Waals surface area contributed by atoms with Crippen LogP contribution in [0.5, 0.6) is 0 Å². The number of nitrogens with one attached hydrogen (secondary N) is 1. The van der Waals surface area contributed by atoms with Crippen molar-refractivity contribution in [3.63, 3.8) is 0 Å². The van der Waals surface area contributed by atoms with Crippen LogP contribution in [0.3, 0.4) is 0 Å². The fraction of sp³-hybridized carbons (Fsp3) is 0.375. The molecule has 0 saturated carbocycles. The van der Waals surface area contributed by atoms with E-state index in [4.69, 9.17) is 5.73 Å². The molecule has 4 nitrogen and oxygen atoms in total. The first-order valence-corrected chi connectivity index (χ1v) is 5.66. The number of nitrogens with two attached hydrogens (primary N) is 1. The zero-order valence-electron chi connectivity index (χ0n) is 7.49. The molecule has 5 heteroatoms. The highest BCUT2D eigenvalue weighted by Crippen LogP contribution is 2.06. The Morgan fingerprint density at radius 2 is 2.46 bits per heavy atom. The molecular weight excluding hydrogens is 186 g/mol. The van der Waals surface area contributed by atoms with E-state index in [9.17, 15) is 4.21 Å². The molecule has 0 aliphatic rings. The highest BCUT2D eigenvalue weighted by Gasteiger charge is 1.94. The molecule has 1 aromatic rings. The first kappa shape index (κ1) is 9.98. The quantitative estimate of drug-likeness (QED) is 0.739. The molecule has 0 aliphatic heterocycles. The van der Waals surface area contributed by atoms with E-state index >= 15 is 0 Å². The van der Waals surface area contributed by atoms with E-state index in [1.54, 1.807) is 24.6 Å². The average Bonchev–Trinajstić information content (AvgIpc) is 2.03. The topological polar surface area (TPSA) is 68.0 Å². The summed E-state index contributed by atoms with van der Waals surface area (Å²) >= 11 is 0. The van der Waals surface area contributed by atoms with Crippen LogP contribution in [-0.2, 0) is 10.8 Å². The molecule has 0 spiro atoms. The van der Waals surface area contributed by atoms with E-state index in [1.165, 1.54) is 0 Å². The van der Waals surface area contributed by atoms with E-state index in [0.29, 0.717) is 18.0 Å². The summed E-state index contributed by atoms with van der Waals surface area (Å²) < 4.78 is 10.7. The van der Waals surface area contributed by atoms with Crippen LogP contribution in [0, 0.1) is 0 Å². The van der Waals surface area contributed by atoms with Crippen molar-refractivity contribution in [2.75, 3.05) is 29.6 Å². The number of rotatable bonds is 4. The Labute approximate surface area is 80.0 Å². The molecule has 1 heterocycles. The Kier molecular flexibility index (Phi) is 3.70. The Morgan fingerprint density at radius 3 is 3.08 bits per heavy atom. The van der Waals surface area contributed by atoms with E-state index in [-0.39, 0.29) is 0 Å². The smallest absolute Gasteiger partial charge is 0.127 e. The van der Waals surface area contributed by atoms with Gasteiger partial charge in [0.05, 0.1) is 0 Å². The minimum Gasteiger partial charge on any atom is -0.399 e. The largest absolute Gasteiger partial charge is 0.399 e. The lowest BCUT2D eigenvalue weighted by Crippen LogP contribution is -2.10. The molecule has 0 amide bonds. The minimum absolute atomic E-state index is 0.622. The molecule has 1 atom stereocenters. The molecule has 0 fully saturated rings. The maximum absolute atomic E-state index is 10.7. The first-order chi connectivity index (χ1) is 6.18. The zero-order valence-corrected chi connectivity index (χ0v) is 8.30. The Hall–Kier alpha value is -1.10. The third kappa shape index (κ3) is 3.89. The molecule has 0 aromatic carbocycles. The van der Waals surface area contributed by atoms with Gasteiger partial charge in [-0.1, -0.05) is 0 Å². The summed E-state index contributed by atoms with van der Waals surface area (Å²) in [7, 11) is -0.766. The maximum atomic E-state index is 10.7. The van der Waals surface area contributed by atoms with Gasteiger partial charge >= 0.3 is 0 Å². The third-order valence-corrected chi connectivity index (χ3v) is 2.26. The highest BCUT2D eigenvalue weighted by atomic mass is 32.2. The molecular formula is C8H13N3OS. The van der Waals surface area contributed by atoms with Gasteiger partial charge in [-0.25, -0.2) is 4.98 Å². The second-order valence-corrected chi connectivity index (χ2v) is 4.23. The summed E-state index contributed by atoms with van der Waals surface area (Å²) in [4.78, 5) is 4.05. The lowest BCUT2D eigenvalue weighted by Gasteiger charge is -2.03. The number of hydrogen-bond acceptors (Lipinski definition) is 4. The summed E-state index contributed by atoms with van der Waals surface area (Å²) in [6.45, 7) is 0.652. The van der Waals surface area contributed by atoms with E-state index in [1.807, 2.05) is 0 Å². The fourth-order valence-corrected chi connectivity index (χ4v) is 1.26. The Morgan fingerprint density at radius 1 is 1.69 bits per heavy atom. The fourth-order valence-electron chi connectivity index (χ4n) is 0.866. The van der Waals surface area contributed by atoms with Gasteiger partial charge < -0.3 is 11.1 Å². The van der Waals surface area contributed by atoms with E-state index in [2.05, 4.69) is 10.3 Å². The number of nitrogens with zero attached hydrogens (tertiary/aromatic N) is 1. The van der Waals surface area contributed by atoms with Gasteiger partial charge in [-0.15, -0.1) is 0 Å². The molecule has 0 aliphatic carbocycles. The number of nitrogen functional groups attached to an aromatic ring is 1. The van der Waals surface area contributed by atoms with Crippen LogP contribution in [0.25, 0.3) is 0 Å². The van der Waals surface area contributed by atoms with Gasteiger partial charge in [0.2, 0.25) is 0 Å². The number of anilines is 2. The Bertz CT molecular complexity index is 303. The predicted molar refractivity (Wildman–Crippen MR) is 56.1 cm³/mol. The molecule has 0 bridgehead atoms. The van der Waals surface area contributed by atoms with Crippen LogP contribution in [0.1, 0.15) is 0 Å². The van der Waals surface area contributed by atoms with Crippen molar-refractivity contribution in [3.05, 3.63) is 18.3 Å². The zero-order chi connectivity index (χ0) is 9.68. The Balaban J connectivity index is 2.41. The lowest BCUT2D eigenvalue weighted by molar-refractivity contribution is 0.687. The van der Waals surface area contributed by atoms with Crippen molar-refractivity contribution >= 4 is 22.3 Å². The van der Waals surface area contributed by atoms with Crippen molar-refractivity contribution in [3.8, 4) is 0 Å². The van der Waals surface area contributed by atoms with Crippen LogP contribution < -0.4 is 11.1 Å². The van der Waals surface area contributed by atoms with E-state index < -0.39 is 10.8 Å². The molecule has 3 N–H and O–H groups in total. The second kappa shape index (κ2) is 4.81. The van der Waals surface area contributed by atoms with E-state index in [0.717, 1.165) is 5.82 Å². The molecule has 1 unspecified atom stereocenters. The normalized spacial score (nSPS) is 12.4. The molecule has 1 aromatic heterocycles. The van der Waals surface area contributed by atoms with Gasteiger partial charge in [0.25, 0.3) is 0 Å². The number of aromatic nitrogens is 1. The molecule has 0 saturated heterocycles. The molecule has 1 rings (SSSR count). The van der Waals surface area contributed by atoms with Crippen LogP contribution in [0.4, 0.5) is 11.5 Å². The second-order valence-electron chi connectivity index (χ2n) is 2.68. The van der Waals surface area contributed by atoms with Gasteiger partial charge in [-0.2, -0.15) is 0 Å². The van der Waals surface area contributed by atoms with Gasteiger partial charge in [0.1, 0.15) is 5.82 Å². The monoisotopic (exact) mass is 199 g/mol. The maximum Gasteiger partial charge on any atom is 0.127 e. The van der Waals surface area contributed by atoms with Crippen LogP contribution in [-0.4, -0.2) is 27.7 Å². The average molecular weight is 199 g/mol. The van der Waals surface area contributed by atoms with Crippen molar-refractivity contribution in [1.29, 1.82) is 0 Å². The first-order valence-electron chi connectivity index (χ1n) is 3.94. The summed E-state index contributed by atoms with van der Waals surface area (Å²) in [5, 5.41) is 3.03. The van der Waals surface area contributed by atoms with Crippen molar-refractivity contribution in [2.45, 2.75) is 0 Å². The summed E-state index contributed by atoms with van der Waals surface area (Å²) in [5.74, 6) is 1.35. The summed E-state index contributed by atoms with van der Waals surface area (Å²) in [6.07, 6.45) is 3.31. The summed E-state index contributed by atoms with van der Waals surface area (Å²) in [6, 6.07) is 3.47. The van der Waals surface area contributed by atoms with Gasteiger partial charge in [0.15, 0.2) is 0 Å². The van der Waals surface area contributed by atoms with Crippen molar-refractivity contribution in [2.24, 2.45) is 0 Å². The highest BCUT2D eigenvalue weighted by molar-refractivity contribution is 7.84. The number of hydrogen-bond donors (Lipinski definition) is 2. The SMILES string of the molecule is CS(=O)CCNc1cc(N)ccn1. The number of pyridine rings is 1. The summed E-state index contributed by atoms with van der Waals surface area (Å²) in [5.41, 5.74) is 6.23.